The molecule has 2 rings (SSSR count). The average molecular weight is 204 g/mol. The largest absolute Gasteiger partial charge is 0.385 e. The van der Waals surface area contributed by atoms with E-state index in [4.69, 9.17) is 0 Å². The zero-order valence-corrected chi connectivity index (χ0v) is 9.12. The van der Waals surface area contributed by atoms with Crippen molar-refractivity contribution in [3.63, 3.8) is 0 Å². The number of hydrogen-bond donors (Lipinski definition) is 2. The van der Waals surface area contributed by atoms with E-state index in [1.165, 1.54) is 0 Å². The molecule has 0 aliphatic rings. The Labute approximate surface area is 89.2 Å². The Morgan fingerprint density at radius 3 is 2.73 bits per heavy atom. The van der Waals surface area contributed by atoms with Gasteiger partial charge >= 0.3 is 0 Å². The monoisotopic (exact) mass is 204 g/mol. The lowest BCUT2D eigenvalue weighted by molar-refractivity contribution is 0.0285. The van der Waals surface area contributed by atoms with Crippen LogP contribution in [0.1, 0.15) is 32.3 Å². The summed E-state index contributed by atoms with van der Waals surface area (Å²) in [7, 11) is 0. The minimum absolute atomic E-state index is 0.715. The third-order valence-corrected chi connectivity index (χ3v) is 3.13. The molecule has 1 aromatic carbocycles. The number of aromatic amines is 1. The van der Waals surface area contributed by atoms with E-state index in [1.54, 1.807) is 6.33 Å². The number of aromatic nitrogens is 2. The summed E-state index contributed by atoms with van der Waals surface area (Å²) >= 11 is 0. The van der Waals surface area contributed by atoms with Gasteiger partial charge in [-0.05, 0) is 30.5 Å². The highest BCUT2D eigenvalue weighted by Crippen LogP contribution is 2.29. The number of H-pyrrole nitrogens is 1. The fourth-order valence-corrected chi connectivity index (χ4v) is 1.88. The second-order valence-electron chi connectivity index (χ2n) is 3.87. The maximum absolute atomic E-state index is 10.4. The highest BCUT2D eigenvalue weighted by Gasteiger charge is 2.24. The number of fused-ring (bicyclic) bond motifs is 1. The molecule has 1 aromatic heterocycles. The van der Waals surface area contributed by atoms with Crippen molar-refractivity contribution < 1.29 is 5.11 Å². The summed E-state index contributed by atoms with van der Waals surface area (Å²) in [6, 6.07) is 5.89. The predicted octanol–water partition coefficient (Wildman–Crippen LogP) is 2.57. The van der Waals surface area contributed by atoms with Gasteiger partial charge in [0.2, 0.25) is 0 Å². The Bertz CT molecular complexity index is 457. The summed E-state index contributed by atoms with van der Waals surface area (Å²) in [4.78, 5) is 7.24. The van der Waals surface area contributed by atoms with Gasteiger partial charge < -0.3 is 10.1 Å². The molecule has 0 bridgehead atoms. The molecule has 0 aliphatic heterocycles. The molecule has 0 spiro atoms. The fourth-order valence-electron chi connectivity index (χ4n) is 1.88. The quantitative estimate of drug-likeness (QED) is 0.807. The summed E-state index contributed by atoms with van der Waals surface area (Å²) in [5.41, 5.74) is 2.15. The Hall–Kier alpha value is -1.35. The maximum Gasteiger partial charge on any atom is 0.0931 e. The molecule has 0 saturated heterocycles. The van der Waals surface area contributed by atoms with Crippen molar-refractivity contribution >= 4 is 11.0 Å². The van der Waals surface area contributed by atoms with E-state index < -0.39 is 5.60 Å². The molecule has 0 unspecified atom stereocenters. The van der Waals surface area contributed by atoms with Gasteiger partial charge in [0.15, 0.2) is 0 Å². The molecule has 3 heteroatoms. The van der Waals surface area contributed by atoms with Crippen molar-refractivity contribution in [2.75, 3.05) is 0 Å². The second kappa shape index (κ2) is 3.66. The number of hydrogen-bond acceptors (Lipinski definition) is 2. The molecule has 0 atom stereocenters. The highest BCUT2D eigenvalue weighted by atomic mass is 16.3. The van der Waals surface area contributed by atoms with Crippen LogP contribution in [0.5, 0.6) is 0 Å². The molecule has 1 heterocycles. The lowest BCUT2D eigenvalue weighted by atomic mass is 9.88. The van der Waals surface area contributed by atoms with E-state index in [2.05, 4.69) is 9.97 Å². The van der Waals surface area contributed by atoms with Crippen molar-refractivity contribution in [3.8, 4) is 0 Å². The summed E-state index contributed by atoms with van der Waals surface area (Å²) < 4.78 is 0. The lowest BCUT2D eigenvalue weighted by Gasteiger charge is -2.25. The fraction of sp³-hybridized carbons (Fsp3) is 0.417. The van der Waals surface area contributed by atoms with E-state index in [0.29, 0.717) is 0 Å². The highest BCUT2D eigenvalue weighted by molar-refractivity contribution is 5.75. The van der Waals surface area contributed by atoms with E-state index in [9.17, 15) is 5.11 Å². The predicted molar refractivity (Wildman–Crippen MR) is 60.6 cm³/mol. The van der Waals surface area contributed by atoms with Crippen LogP contribution in [0, 0.1) is 0 Å². The van der Waals surface area contributed by atoms with Crippen LogP contribution in [0.2, 0.25) is 0 Å². The van der Waals surface area contributed by atoms with Crippen LogP contribution in [0.3, 0.4) is 0 Å². The third-order valence-electron chi connectivity index (χ3n) is 3.13. The lowest BCUT2D eigenvalue weighted by Crippen LogP contribution is -2.23. The molecule has 0 aliphatic carbocycles. The van der Waals surface area contributed by atoms with E-state index in [1.807, 2.05) is 32.0 Å². The summed E-state index contributed by atoms with van der Waals surface area (Å²) in [6.07, 6.45) is 3.12. The van der Waals surface area contributed by atoms with Gasteiger partial charge in [0, 0.05) is 0 Å². The first-order valence-corrected chi connectivity index (χ1v) is 5.35. The number of nitrogens with one attached hydrogen (secondary N) is 1. The zero-order chi connectivity index (χ0) is 10.9. The smallest absolute Gasteiger partial charge is 0.0931 e. The van der Waals surface area contributed by atoms with Crippen LogP contribution in [0.4, 0.5) is 0 Å². The average Bonchev–Trinajstić information content (AvgIpc) is 2.74. The van der Waals surface area contributed by atoms with Gasteiger partial charge in [0.1, 0.15) is 0 Å². The Kier molecular flexibility index (Phi) is 2.49. The van der Waals surface area contributed by atoms with Crippen molar-refractivity contribution in [2.45, 2.75) is 32.3 Å². The molecule has 0 amide bonds. The van der Waals surface area contributed by atoms with E-state index in [0.717, 1.165) is 29.4 Å². The van der Waals surface area contributed by atoms with Crippen molar-refractivity contribution in [3.05, 3.63) is 30.1 Å². The van der Waals surface area contributed by atoms with Crippen LogP contribution < -0.4 is 0 Å². The van der Waals surface area contributed by atoms with Gasteiger partial charge in [-0.25, -0.2) is 4.98 Å². The van der Waals surface area contributed by atoms with E-state index in [-0.39, 0.29) is 0 Å². The zero-order valence-electron chi connectivity index (χ0n) is 9.12. The van der Waals surface area contributed by atoms with Crippen LogP contribution in [-0.4, -0.2) is 15.1 Å². The Morgan fingerprint density at radius 1 is 1.33 bits per heavy atom. The van der Waals surface area contributed by atoms with Gasteiger partial charge in [-0.1, -0.05) is 19.9 Å². The van der Waals surface area contributed by atoms with Crippen LogP contribution >= 0.6 is 0 Å². The maximum atomic E-state index is 10.4. The standard InChI is InChI=1S/C12H16N2O/c1-3-12(15,4-2)9-5-6-10-11(7-9)14-8-13-10/h5-8,15H,3-4H2,1-2H3,(H,13,14). The van der Waals surface area contributed by atoms with Crippen LogP contribution in [-0.2, 0) is 5.60 Å². The molecular formula is C12H16N2O. The molecule has 3 nitrogen and oxygen atoms in total. The SMILES string of the molecule is CCC(O)(CC)c1ccc2[nH]cnc2c1. The van der Waals surface area contributed by atoms with Gasteiger partial charge in [-0.3, -0.25) is 0 Å². The number of aliphatic hydroxyl groups is 1. The van der Waals surface area contributed by atoms with Crippen molar-refractivity contribution in [2.24, 2.45) is 0 Å². The number of benzene rings is 1. The van der Waals surface area contributed by atoms with Gasteiger partial charge in [0.25, 0.3) is 0 Å². The van der Waals surface area contributed by atoms with Crippen LogP contribution in [0.25, 0.3) is 11.0 Å². The molecule has 80 valence electrons. The van der Waals surface area contributed by atoms with E-state index >= 15 is 0 Å². The summed E-state index contributed by atoms with van der Waals surface area (Å²) in [6.45, 7) is 4.00. The van der Waals surface area contributed by atoms with Crippen molar-refractivity contribution in [1.29, 1.82) is 0 Å². The number of imidazole rings is 1. The Morgan fingerprint density at radius 2 is 2.07 bits per heavy atom. The number of rotatable bonds is 3. The first kappa shape index (κ1) is 10.2. The van der Waals surface area contributed by atoms with Gasteiger partial charge in [0.05, 0.1) is 23.0 Å². The first-order valence-electron chi connectivity index (χ1n) is 5.35. The normalized spacial score (nSPS) is 12.2. The molecule has 0 fully saturated rings. The van der Waals surface area contributed by atoms with Gasteiger partial charge in [-0.15, -0.1) is 0 Å². The minimum Gasteiger partial charge on any atom is -0.385 e. The molecule has 0 saturated carbocycles. The third kappa shape index (κ3) is 1.63. The van der Waals surface area contributed by atoms with Gasteiger partial charge in [-0.2, -0.15) is 0 Å². The second-order valence-corrected chi connectivity index (χ2v) is 3.87. The minimum atomic E-state index is -0.715. The summed E-state index contributed by atoms with van der Waals surface area (Å²) in [5.74, 6) is 0. The van der Waals surface area contributed by atoms with Crippen molar-refractivity contribution in [1.82, 2.24) is 9.97 Å². The summed E-state index contributed by atoms with van der Waals surface area (Å²) in [5, 5.41) is 10.4. The molecule has 2 aromatic rings. The number of nitrogens with zero attached hydrogens (tertiary/aromatic N) is 1. The molecule has 0 radical (unpaired) electrons. The first-order chi connectivity index (χ1) is 7.19. The topological polar surface area (TPSA) is 48.9 Å². The van der Waals surface area contributed by atoms with Crippen LogP contribution in [0.15, 0.2) is 24.5 Å². The Balaban J connectivity index is 2.51. The molecule has 2 N–H and O–H groups in total. The molecular weight excluding hydrogens is 188 g/mol. The molecule has 15 heavy (non-hydrogen) atoms.